The number of rotatable bonds is 5. The third-order valence-corrected chi connectivity index (χ3v) is 9.37. The van der Waals surface area contributed by atoms with Gasteiger partial charge in [-0.15, -0.1) is 6.58 Å². The second-order valence-electron chi connectivity index (χ2n) is 11.8. The molecule has 0 fully saturated rings. The predicted octanol–water partition coefficient (Wildman–Crippen LogP) is 11.8. The van der Waals surface area contributed by atoms with E-state index in [0.29, 0.717) is 5.92 Å². The summed E-state index contributed by atoms with van der Waals surface area (Å²) in [5.74, 6) is 0.397. The van der Waals surface area contributed by atoms with Crippen molar-refractivity contribution in [3.05, 3.63) is 170 Å². The molecule has 0 spiro atoms. The topological polar surface area (TPSA) is 3.24 Å². The minimum absolute atomic E-state index is 0.233. The average Bonchev–Trinajstić information content (AvgIpc) is 3.39. The van der Waals surface area contributed by atoms with Gasteiger partial charge in [0.15, 0.2) is 0 Å². The van der Waals surface area contributed by atoms with Crippen LogP contribution in [0.2, 0.25) is 0 Å². The lowest BCUT2D eigenvalue weighted by atomic mass is 9.85. The molecule has 7 aromatic rings. The molecule has 210 valence electrons. The van der Waals surface area contributed by atoms with Gasteiger partial charge in [0.2, 0.25) is 0 Å². The van der Waals surface area contributed by atoms with Crippen LogP contribution in [0.5, 0.6) is 0 Å². The van der Waals surface area contributed by atoms with Gasteiger partial charge in [-0.05, 0) is 84.8 Å². The van der Waals surface area contributed by atoms with Crippen molar-refractivity contribution >= 4 is 32.9 Å². The van der Waals surface area contributed by atoms with Crippen LogP contribution in [0, 0.1) is 0 Å². The molecule has 0 aromatic heterocycles. The molecule has 7 aromatic carbocycles. The van der Waals surface area contributed by atoms with Crippen LogP contribution in [0.15, 0.2) is 164 Å². The number of hydrogen-bond acceptors (Lipinski definition) is 1. The molecular weight excluding hydrogens is 530 g/mol. The lowest BCUT2D eigenvalue weighted by molar-refractivity contribution is 0.698. The van der Waals surface area contributed by atoms with Gasteiger partial charge >= 0.3 is 0 Å². The Kier molecular flexibility index (Phi) is 6.38. The van der Waals surface area contributed by atoms with E-state index < -0.39 is 0 Å². The van der Waals surface area contributed by atoms with Crippen molar-refractivity contribution in [1.82, 2.24) is 0 Å². The van der Waals surface area contributed by atoms with E-state index in [-0.39, 0.29) is 6.04 Å². The number of benzene rings is 7. The molecule has 0 saturated heterocycles. The van der Waals surface area contributed by atoms with Crippen molar-refractivity contribution in [2.45, 2.75) is 18.9 Å². The number of anilines is 2. The zero-order valence-corrected chi connectivity index (χ0v) is 24.8. The molecule has 0 N–H and O–H groups in total. The van der Waals surface area contributed by atoms with Gasteiger partial charge < -0.3 is 4.90 Å². The summed E-state index contributed by atoms with van der Waals surface area (Å²) in [5.41, 5.74) is 11.3. The molecule has 0 bridgehead atoms. The highest BCUT2D eigenvalue weighted by atomic mass is 15.2. The van der Waals surface area contributed by atoms with Crippen molar-refractivity contribution in [2.24, 2.45) is 0 Å². The van der Waals surface area contributed by atoms with Gasteiger partial charge in [-0.1, -0.05) is 140 Å². The second kappa shape index (κ2) is 10.7. The van der Waals surface area contributed by atoms with E-state index in [0.717, 1.165) is 0 Å². The summed E-state index contributed by atoms with van der Waals surface area (Å²) in [5, 5.41) is 5.09. The van der Waals surface area contributed by atoms with Gasteiger partial charge in [0.25, 0.3) is 0 Å². The summed E-state index contributed by atoms with van der Waals surface area (Å²) in [6, 6.07) is 55.5. The first-order valence-electron chi connectivity index (χ1n) is 15.4. The van der Waals surface area contributed by atoms with Crippen LogP contribution in [0.25, 0.3) is 54.9 Å². The fourth-order valence-corrected chi connectivity index (χ4v) is 7.28. The molecule has 1 aliphatic heterocycles. The quantitative estimate of drug-likeness (QED) is 0.149. The Balaban J connectivity index is 1.31. The van der Waals surface area contributed by atoms with Gasteiger partial charge in [0.1, 0.15) is 0 Å². The smallest absolute Gasteiger partial charge is 0.0586 e. The Morgan fingerprint density at radius 2 is 1.02 bits per heavy atom. The molecule has 2 atom stereocenters. The fourth-order valence-electron chi connectivity index (χ4n) is 7.28. The van der Waals surface area contributed by atoms with Gasteiger partial charge in [-0.2, -0.15) is 0 Å². The molecular formula is C43H33N. The van der Waals surface area contributed by atoms with Gasteiger partial charge in [-0.25, -0.2) is 0 Å². The van der Waals surface area contributed by atoms with Gasteiger partial charge in [0.05, 0.1) is 6.04 Å². The lowest BCUT2D eigenvalue weighted by Gasteiger charge is -2.27. The van der Waals surface area contributed by atoms with E-state index in [2.05, 4.69) is 176 Å². The highest BCUT2D eigenvalue weighted by Crippen LogP contribution is 2.47. The SMILES string of the molecule is C=CC1C(C)c2ccccc2N1c1ccc(-c2ccc3c(-c4ccccc4)c4ccccc4c(-c4ccccc4)c3c2)cc1. The summed E-state index contributed by atoms with van der Waals surface area (Å²) in [6.07, 6.45) is 2.08. The lowest BCUT2D eigenvalue weighted by Crippen LogP contribution is -2.26. The van der Waals surface area contributed by atoms with Crippen molar-refractivity contribution in [3.63, 3.8) is 0 Å². The number of nitrogens with zero attached hydrogens (tertiary/aromatic N) is 1. The Labute approximate surface area is 259 Å². The highest BCUT2D eigenvalue weighted by molar-refractivity contribution is 6.21. The second-order valence-corrected chi connectivity index (χ2v) is 11.8. The molecule has 0 saturated carbocycles. The zero-order chi connectivity index (χ0) is 29.6. The van der Waals surface area contributed by atoms with Crippen molar-refractivity contribution in [1.29, 1.82) is 0 Å². The maximum Gasteiger partial charge on any atom is 0.0586 e. The van der Waals surface area contributed by atoms with Crippen molar-refractivity contribution in [2.75, 3.05) is 4.90 Å². The van der Waals surface area contributed by atoms with E-state index in [9.17, 15) is 0 Å². The third kappa shape index (κ3) is 4.16. The third-order valence-electron chi connectivity index (χ3n) is 9.37. The molecule has 1 aliphatic rings. The molecule has 0 radical (unpaired) electrons. The van der Waals surface area contributed by atoms with Crippen LogP contribution in [-0.2, 0) is 0 Å². The van der Waals surface area contributed by atoms with Crippen LogP contribution >= 0.6 is 0 Å². The fraction of sp³-hybridized carbons (Fsp3) is 0.0698. The standard InChI is InChI=1S/C43H33N/c1-3-40-29(2)35-18-12-13-21-41(35)44(40)34-25-22-30(23-26-34)33-24-27-38-39(28-33)43(32-16-8-5-9-17-32)37-20-11-10-19-36(37)42(38)31-14-6-4-7-15-31/h3-29,40H,1H2,2H3. The molecule has 1 heterocycles. The highest BCUT2D eigenvalue weighted by Gasteiger charge is 2.34. The van der Waals surface area contributed by atoms with Crippen LogP contribution < -0.4 is 4.90 Å². The first-order valence-corrected chi connectivity index (χ1v) is 15.4. The summed E-state index contributed by atoms with van der Waals surface area (Å²) >= 11 is 0. The predicted molar refractivity (Wildman–Crippen MR) is 189 cm³/mol. The minimum Gasteiger partial charge on any atom is -0.334 e. The molecule has 2 unspecified atom stereocenters. The number of para-hydroxylation sites is 1. The van der Waals surface area contributed by atoms with Crippen LogP contribution in [-0.4, -0.2) is 6.04 Å². The average molecular weight is 564 g/mol. The van der Waals surface area contributed by atoms with E-state index in [1.807, 2.05) is 0 Å². The van der Waals surface area contributed by atoms with E-state index in [4.69, 9.17) is 0 Å². The summed E-state index contributed by atoms with van der Waals surface area (Å²) in [6.45, 7) is 6.49. The van der Waals surface area contributed by atoms with Crippen LogP contribution in [0.3, 0.4) is 0 Å². The summed E-state index contributed by atoms with van der Waals surface area (Å²) in [4.78, 5) is 2.43. The Morgan fingerprint density at radius 1 is 0.500 bits per heavy atom. The van der Waals surface area contributed by atoms with E-state index in [1.54, 1.807) is 0 Å². The zero-order valence-electron chi connectivity index (χ0n) is 24.8. The van der Waals surface area contributed by atoms with E-state index >= 15 is 0 Å². The van der Waals surface area contributed by atoms with Crippen LogP contribution in [0.1, 0.15) is 18.4 Å². The maximum atomic E-state index is 4.19. The largest absolute Gasteiger partial charge is 0.334 e. The maximum absolute atomic E-state index is 4.19. The van der Waals surface area contributed by atoms with Crippen molar-refractivity contribution in [3.8, 4) is 33.4 Å². The van der Waals surface area contributed by atoms with Crippen molar-refractivity contribution < 1.29 is 0 Å². The van der Waals surface area contributed by atoms with Gasteiger partial charge in [0, 0.05) is 17.3 Å². The first kappa shape index (κ1) is 26.2. The monoisotopic (exact) mass is 563 g/mol. The first-order chi connectivity index (χ1) is 21.7. The summed E-state index contributed by atoms with van der Waals surface area (Å²) < 4.78 is 0. The number of fused-ring (bicyclic) bond motifs is 3. The van der Waals surface area contributed by atoms with E-state index in [1.165, 1.54) is 71.9 Å². The molecule has 0 amide bonds. The number of hydrogen-bond donors (Lipinski definition) is 0. The normalized spacial score (nSPS) is 15.9. The summed E-state index contributed by atoms with van der Waals surface area (Å²) in [7, 11) is 0. The molecule has 8 rings (SSSR count). The Bertz CT molecular complexity index is 2140. The van der Waals surface area contributed by atoms with Crippen LogP contribution in [0.4, 0.5) is 11.4 Å². The molecule has 0 aliphatic carbocycles. The van der Waals surface area contributed by atoms with Gasteiger partial charge in [-0.3, -0.25) is 0 Å². The molecule has 44 heavy (non-hydrogen) atoms. The molecule has 1 heteroatoms. The molecule has 1 nitrogen and oxygen atoms in total. The Morgan fingerprint density at radius 3 is 1.66 bits per heavy atom. The Hall–Kier alpha value is -5.40. The minimum atomic E-state index is 0.233.